The van der Waals surface area contributed by atoms with Gasteiger partial charge in [0.25, 0.3) is 0 Å². The van der Waals surface area contributed by atoms with Gasteiger partial charge in [-0.25, -0.2) is 0 Å². The molecule has 3 aliphatic rings. The van der Waals surface area contributed by atoms with Crippen molar-refractivity contribution >= 4 is 5.78 Å². The van der Waals surface area contributed by atoms with E-state index in [1.807, 2.05) is 0 Å². The number of Topliss-reactive ketones (excluding diaryl/α,β-unsaturated/α-hetero) is 1. The van der Waals surface area contributed by atoms with Gasteiger partial charge in [0, 0.05) is 11.8 Å². The maximum atomic E-state index is 11.2. The van der Waals surface area contributed by atoms with Crippen LogP contribution in [-0.2, 0) is 4.79 Å². The lowest BCUT2D eigenvalue weighted by molar-refractivity contribution is -0.149. The maximum Gasteiger partial charge on any atom is 0.144 e. The lowest BCUT2D eigenvalue weighted by Gasteiger charge is -2.51. The number of fused-ring (bicyclic) bond motifs is 1. The van der Waals surface area contributed by atoms with Crippen LogP contribution in [0.4, 0.5) is 0 Å². The molecule has 2 bridgehead atoms. The predicted molar refractivity (Wildman–Crippen MR) is 39.5 cm³/mol. The van der Waals surface area contributed by atoms with Crippen molar-refractivity contribution in [1.82, 2.24) is 0 Å². The second-order valence-corrected chi connectivity index (χ2v) is 3.92. The second kappa shape index (κ2) is 1.52. The molecule has 1 nitrogen and oxygen atoms in total. The van der Waals surface area contributed by atoms with E-state index in [4.69, 9.17) is 0 Å². The summed E-state index contributed by atoms with van der Waals surface area (Å²) in [4.78, 5) is 11.2. The highest BCUT2D eigenvalue weighted by Gasteiger charge is 2.55. The van der Waals surface area contributed by atoms with E-state index >= 15 is 0 Å². The van der Waals surface area contributed by atoms with Crippen molar-refractivity contribution in [2.45, 2.75) is 20.3 Å². The lowest BCUT2D eigenvalue weighted by Crippen LogP contribution is -2.54. The van der Waals surface area contributed by atoms with Crippen LogP contribution in [0.1, 0.15) is 20.3 Å². The minimum absolute atomic E-state index is 0.242. The SMILES string of the molecule is CC1(C)[C@@H]2C=CC[C@H]1C2=O. The van der Waals surface area contributed by atoms with Crippen molar-refractivity contribution in [1.29, 1.82) is 0 Å². The lowest BCUT2D eigenvalue weighted by atomic mass is 9.50. The van der Waals surface area contributed by atoms with Crippen LogP contribution in [0.5, 0.6) is 0 Å². The van der Waals surface area contributed by atoms with E-state index in [-0.39, 0.29) is 11.3 Å². The largest absolute Gasteiger partial charge is 0.299 e. The van der Waals surface area contributed by atoms with Gasteiger partial charge in [-0.1, -0.05) is 26.0 Å². The molecule has 0 N–H and O–H groups in total. The van der Waals surface area contributed by atoms with Crippen molar-refractivity contribution < 1.29 is 4.79 Å². The molecule has 1 fully saturated rings. The molecule has 0 saturated heterocycles. The Morgan fingerprint density at radius 1 is 1.60 bits per heavy atom. The van der Waals surface area contributed by atoms with Crippen molar-refractivity contribution in [2.24, 2.45) is 17.3 Å². The number of allylic oxidation sites excluding steroid dienone is 2. The number of carbonyl (C=O) groups excluding carboxylic acids is 1. The summed E-state index contributed by atoms with van der Waals surface area (Å²) < 4.78 is 0. The summed E-state index contributed by atoms with van der Waals surface area (Å²) in [6.45, 7) is 4.38. The highest BCUT2D eigenvalue weighted by molar-refractivity contribution is 5.94. The van der Waals surface area contributed by atoms with Gasteiger partial charge in [0.15, 0.2) is 0 Å². The van der Waals surface area contributed by atoms with Gasteiger partial charge in [-0.15, -0.1) is 0 Å². The van der Waals surface area contributed by atoms with Crippen LogP contribution in [0.25, 0.3) is 0 Å². The van der Waals surface area contributed by atoms with Gasteiger partial charge in [-0.05, 0) is 11.8 Å². The number of rotatable bonds is 0. The molecule has 1 saturated carbocycles. The number of ketones is 1. The van der Waals surface area contributed by atoms with Gasteiger partial charge < -0.3 is 0 Å². The minimum atomic E-state index is 0.242. The minimum Gasteiger partial charge on any atom is -0.299 e. The van der Waals surface area contributed by atoms with Gasteiger partial charge in [0.1, 0.15) is 5.78 Å². The Bertz CT molecular complexity index is 213. The molecule has 0 amide bonds. The Morgan fingerprint density at radius 3 is 2.50 bits per heavy atom. The number of hydrogen-bond acceptors (Lipinski definition) is 1. The van der Waals surface area contributed by atoms with Crippen LogP contribution in [0.15, 0.2) is 12.2 Å². The standard InChI is InChI=1S/C9H12O/c1-9(2)6-4-3-5-7(9)8(6)10/h3-4,6-7H,5H2,1-2H3/t6-,7+/m1/s1. The van der Waals surface area contributed by atoms with Crippen molar-refractivity contribution in [3.63, 3.8) is 0 Å². The molecule has 1 heteroatoms. The Hall–Kier alpha value is -0.590. The van der Waals surface area contributed by atoms with Crippen LogP contribution >= 0.6 is 0 Å². The van der Waals surface area contributed by atoms with E-state index in [1.54, 1.807) is 0 Å². The van der Waals surface area contributed by atoms with E-state index < -0.39 is 0 Å². The Balaban J connectivity index is 2.38. The molecule has 54 valence electrons. The first kappa shape index (κ1) is 6.14. The van der Waals surface area contributed by atoms with Crippen LogP contribution in [-0.4, -0.2) is 5.78 Å². The summed E-state index contributed by atoms with van der Waals surface area (Å²) in [5.74, 6) is 1.04. The van der Waals surface area contributed by atoms with Crippen LogP contribution in [0, 0.1) is 17.3 Å². The van der Waals surface area contributed by atoms with Gasteiger partial charge in [-0.3, -0.25) is 4.79 Å². The second-order valence-electron chi connectivity index (χ2n) is 3.92. The van der Waals surface area contributed by atoms with Gasteiger partial charge in [0.05, 0.1) is 0 Å². The zero-order valence-electron chi connectivity index (χ0n) is 6.42. The van der Waals surface area contributed by atoms with Crippen molar-refractivity contribution in [2.75, 3.05) is 0 Å². The molecule has 0 unspecified atom stereocenters. The van der Waals surface area contributed by atoms with E-state index in [0.717, 1.165) is 6.42 Å². The van der Waals surface area contributed by atoms with Crippen LogP contribution < -0.4 is 0 Å². The molecule has 10 heavy (non-hydrogen) atoms. The molecule has 3 rings (SSSR count). The molecule has 0 aromatic heterocycles. The summed E-state index contributed by atoms with van der Waals surface area (Å²) in [5, 5.41) is 0. The van der Waals surface area contributed by atoms with Gasteiger partial charge >= 0.3 is 0 Å². The molecule has 0 aliphatic heterocycles. The highest BCUT2D eigenvalue weighted by atomic mass is 16.1. The Morgan fingerprint density at radius 2 is 2.30 bits per heavy atom. The summed E-state index contributed by atoms with van der Waals surface area (Å²) in [7, 11) is 0. The monoisotopic (exact) mass is 136 g/mol. The predicted octanol–water partition coefficient (Wildman–Crippen LogP) is 1.79. The van der Waals surface area contributed by atoms with Gasteiger partial charge in [-0.2, -0.15) is 0 Å². The third-order valence-corrected chi connectivity index (χ3v) is 3.05. The topological polar surface area (TPSA) is 17.1 Å². The van der Waals surface area contributed by atoms with E-state index in [9.17, 15) is 4.79 Å². The Kier molecular flexibility index (Phi) is 0.936. The van der Waals surface area contributed by atoms with E-state index in [2.05, 4.69) is 26.0 Å². The van der Waals surface area contributed by atoms with Crippen molar-refractivity contribution in [3.8, 4) is 0 Å². The smallest absolute Gasteiger partial charge is 0.144 e. The molecule has 0 heterocycles. The molecule has 3 aliphatic carbocycles. The normalized spacial score (nSPS) is 41.2. The zero-order valence-corrected chi connectivity index (χ0v) is 6.42. The fourth-order valence-electron chi connectivity index (χ4n) is 2.18. The summed E-state index contributed by atoms with van der Waals surface area (Å²) >= 11 is 0. The first-order valence-corrected chi connectivity index (χ1v) is 3.84. The molecule has 2 atom stereocenters. The first-order chi connectivity index (χ1) is 4.64. The van der Waals surface area contributed by atoms with E-state index in [1.165, 1.54) is 0 Å². The Labute approximate surface area is 61.1 Å². The maximum absolute atomic E-state index is 11.2. The first-order valence-electron chi connectivity index (χ1n) is 3.84. The molecular weight excluding hydrogens is 124 g/mol. The quantitative estimate of drug-likeness (QED) is 0.464. The summed E-state index contributed by atoms with van der Waals surface area (Å²) in [6.07, 6.45) is 5.19. The molecule has 0 radical (unpaired) electrons. The zero-order chi connectivity index (χ0) is 7.35. The van der Waals surface area contributed by atoms with Crippen LogP contribution in [0.3, 0.4) is 0 Å². The number of hydrogen-bond donors (Lipinski definition) is 0. The fourth-order valence-corrected chi connectivity index (χ4v) is 2.18. The fraction of sp³-hybridized carbons (Fsp3) is 0.667. The molecule has 0 aromatic rings. The average molecular weight is 136 g/mol. The van der Waals surface area contributed by atoms with Crippen molar-refractivity contribution in [3.05, 3.63) is 12.2 Å². The molecular formula is C9H12O. The van der Waals surface area contributed by atoms with Crippen LogP contribution in [0.2, 0.25) is 0 Å². The third kappa shape index (κ3) is 0.472. The molecule has 0 aromatic carbocycles. The third-order valence-electron chi connectivity index (χ3n) is 3.05. The average Bonchev–Trinajstić information content (AvgIpc) is 1.88. The summed E-state index contributed by atoms with van der Waals surface area (Å²) in [5.41, 5.74) is 0.270. The molecule has 0 spiro atoms. The highest BCUT2D eigenvalue weighted by Crippen LogP contribution is 2.53. The summed E-state index contributed by atoms with van der Waals surface area (Å²) in [6, 6.07) is 0. The van der Waals surface area contributed by atoms with Gasteiger partial charge in [0.2, 0.25) is 0 Å². The number of carbonyl (C=O) groups is 1. The van der Waals surface area contributed by atoms with E-state index in [0.29, 0.717) is 11.7 Å².